The first-order valence-corrected chi connectivity index (χ1v) is 5.56. The lowest BCUT2D eigenvalue weighted by molar-refractivity contribution is 0.236. The minimum atomic E-state index is 0.685. The summed E-state index contributed by atoms with van der Waals surface area (Å²) in [4.78, 5) is 2.57. The van der Waals surface area contributed by atoms with Gasteiger partial charge in [-0.3, -0.25) is 0 Å². The van der Waals surface area contributed by atoms with Gasteiger partial charge in [0.1, 0.15) is 0 Å². The van der Waals surface area contributed by atoms with E-state index in [0.717, 1.165) is 18.4 Å². The van der Waals surface area contributed by atoms with Crippen molar-refractivity contribution >= 4 is 0 Å². The van der Waals surface area contributed by atoms with E-state index < -0.39 is 0 Å². The number of likely N-dealkylation sites (tertiary alicyclic amines) is 1. The van der Waals surface area contributed by atoms with Crippen LogP contribution in [0.5, 0.6) is 0 Å². The van der Waals surface area contributed by atoms with Crippen LogP contribution in [0.25, 0.3) is 0 Å². The highest BCUT2D eigenvalue weighted by Crippen LogP contribution is 2.18. The summed E-state index contributed by atoms with van der Waals surface area (Å²) in [6.07, 6.45) is 1.37. The molecular formula is C11H24N2. The summed E-state index contributed by atoms with van der Waals surface area (Å²) in [6, 6.07) is 0. The molecule has 1 aliphatic heterocycles. The standard InChI is InChI=1S/C11H24N2/c1-9(2)11(6-12)8-13-5-4-10(3)7-13/h9-11H,4-8,12H2,1-3H3. The normalized spacial score (nSPS) is 27.0. The molecule has 2 unspecified atom stereocenters. The second-order valence-corrected chi connectivity index (χ2v) is 4.89. The molecule has 0 amide bonds. The van der Waals surface area contributed by atoms with E-state index in [1.807, 2.05) is 0 Å². The second-order valence-electron chi connectivity index (χ2n) is 4.89. The molecule has 78 valence electrons. The molecule has 0 spiro atoms. The molecular weight excluding hydrogens is 160 g/mol. The van der Waals surface area contributed by atoms with Gasteiger partial charge in [-0.25, -0.2) is 0 Å². The van der Waals surface area contributed by atoms with E-state index in [1.165, 1.54) is 26.1 Å². The number of nitrogens with zero attached hydrogens (tertiary/aromatic N) is 1. The lowest BCUT2D eigenvalue weighted by atomic mass is 9.95. The van der Waals surface area contributed by atoms with Gasteiger partial charge in [-0.15, -0.1) is 0 Å². The predicted octanol–water partition coefficient (Wildman–Crippen LogP) is 1.56. The zero-order valence-corrected chi connectivity index (χ0v) is 9.29. The Hall–Kier alpha value is -0.0800. The number of rotatable bonds is 4. The Labute approximate surface area is 82.5 Å². The van der Waals surface area contributed by atoms with Crippen LogP contribution in [-0.4, -0.2) is 31.1 Å². The molecule has 1 heterocycles. The Balaban J connectivity index is 2.30. The van der Waals surface area contributed by atoms with Gasteiger partial charge in [0.05, 0.1) is 0 Å². The lowest BCUT2D eigenvalue weighted by Gasteiger charge is -2.25. The molecule has 0 saturated carbocycles. The zero-order chi connectivity index (χ0) is 9.84. The molecule has 1 aliphatic rings. The third-order valence-electron chi connectivity index (χ3n) is 3.25. The molecule has 2 heteroatoms. The minimum Gasteiger partial charge on any atom is -0.330 e. The first-order valence-electron chi connectivity index (χ1n) is 5.56. The van der Waals surface area contributed by atoms with E-state index in [9.17, 15) is 0 Å². The van der Waals surface area contributed by atoms with E-state index in [2.05, 4.69) is 25.7 Å². The Bertz CT molecular complexity index is 145. The predicted molar refractivity (Wildman–Crippen MR) is 57.6 cm³/mol. The molecule has 13 heavy (non-hydrogen) atoms. The summed E-state index contributed by atoms with van der Waals surface area (Å²) in [5.74, 6) is 2.30. The summed E-state index contributed by atoms with van der Waals surface area (Å²) >= 11 is 0. The van der Waals surface area contributed by atoms with Gasteiger partial charge in [0.15, 0.2) is 0 Å². The van der Waals surface area contributed by atoms with Crippen LogP contribution < -0.4 is 5.73 Å². The SMILES string of the molecule is CC1CCN(CC(CN)C(C)C)C1. The van der Waals surface area contributed by atoms with E-state index in [-0.39, 0.29) is 0 Å². The molecule has 2 atom stereocenters. The van der Waals surface area contributed by atoms with Crippen molar-refractivity contribution in [2.24, 2.45) is 23.5 Å². The monoisotopic (exact) mass is 184 g/mol. The molecule has 1 fully saturated rings. The maximum absolute atomic E-state index is 5.76. The second kappa shape index (κ2) is 4.97. The average molecular weight is 184 g/mol. The molecule has 0 aromatic carbocycles. The van der Waals surface area contributed by atoms with Gasteiger partial charge >= 0.3 is 0 Å². The van der Waals surface area contributed by atoms with Gasteiger partial charge in [-0.2, -0.15) is 0 Å². The summed E-state index contributed by atoms with van der Waals surface area (Å²) in [6.45, 7) is 11.5. The van der Waals surface area contributed by atoms with Crippen LogP contribution in [0.2, 0.25) is 0 Å². The van der Waals surface area contributed by atoms with E-state index in [4.69, 9.17) is 5.73 Å². The maximum Gasteiger partial charge on any atom is 0.00243 e. The number of hydrogen-bond acceptors (Lipinski definition) is 2. The summed E-state index contributed by atoms with van der Waals surface area (Å²) in [5.41, 5.74) is 5.76. The third kappa shape index (κ3) is 3.28. The van der Waals surface area contributed by atoms with Gasteiger partial charge < -0.3 is 10.6 Å². The van der Waals surface area contributed by atoms with Crippen LogP contribution in [-0.2, 0) is 0 Å². The van der Waals surface area contributed by atoms with E-state index in [0.29, 0.717) is 5.92 Å². The van der Waals surface area contributed by atoms with Crippen molar-refractivity contribution in [2.75, 3.05) is 26.2 Å². The van der Waals surface area contributed by atoms with Crippen LogP contribution in [0.4, 0.5) is 0 Å². The van der Waals surface area contributed by atoms with E-state index in [1.54, 1.807) is 0 Å². The van der Waals surface area contributed by atoms with Crippen molar-refractivity contribution in [1.29, 1.82) is 0 Å². The van der Waals surface area contributed by atoms with Crippen molar-refractivity contribution < 1.29 is 0 Å². The van der Waals surface area contributed by atoms with Crippen molar-refractivity contribution in [3.63, 3.8) is 0 Å². The molecule has 2 nitrogen and oxygen atoms in total. The molecule has 0 aromatic rings. The molecule has 1 saturated heterocycles. The Kier molecular flexibility index (Phi) is 4.20. The van der Waals surface area contributed by atoms with Crippen molar-refractivity contribution in [3.05, 3.63) is 0 Å². The quantitative estimate of drug-likeness (QED) is 0.718. The first kappa shape index (κ1) is 11.0. The summed E-state index contributed by atoms with van der Waals surface area (Å²) < 4.78 is 0. The number of nitrogens with two attached hydrogens (primary N) is 1. The Morgan fingerprint density at radius 3 is 2.54 bits per heavy atom. The average Bonchev–Trinajstić information content (AvgIpc) is 2.46. The number of hydrogen-bond donors (Lipinski definition) is 1. The summed E-state index contributed by atoms with van der Waals surface area (Å²) in [5, 5.41) is 0. The van der Waals surface area contributed by atoms with E-state index >= 15 is 0 Å². The van der Waals surface area contributed by atoms with Gasteiger partial charge in [-0.1, -0.05) is 20.8 Å². The van der Waals surface area contributed by atoms with Crippen LogP contribution in [0.1, 0.15) is 27.2 Å². The highest BCUT2D eigenvalue weighted by molar-refractivity contribution is 4.76. The van der Waals surface area contributed by atoms with Gasteiger partial charge in [-0.05, 0) is 37.3 Å². The molecule has 0 aromatic heterocycles. The fraction of sp³-hybridized carbons (Fsp3) is 1.00. The fourth-order valence-corrected chi connectivity index (χ4v) is 2.08. The smallest absolute Gasteiger partial charge is 0.00243 e. The maximum atomic E-state index is 5.76. The largest absolute Gasteiger partial charge is 0.330 e. The van der Waals surface area contributed by atoms with Crippen molar-refractivity contribution in [2.45, 2.75) is 27.2 Å². The van der Waals surface area contributed by atoms with Crippen LogP contribution >= 0.6 is 0 Å². The Morgan fingerprint density at radius 1 is 1.46 bits per heavy atom. The van der Waals surface area contributed by atoms with Gasteiger partial charge in [0.2, 0.25) is 0 Å². The fourth-order valence-electron chi connectivity index (χ4n) is 2.08. The topological polar surface area (TPSA) is 29.3 Å². The zero-order valence-electron chi connectivity index (χ0n) is 9.29. The Morgan fingerprint density at radius 2 is 2.15 bits per heavy atom. The molecule has 0 radical (unpaired) electrons. The lowest BCUT2D eigenvalue weighted by Crippen LogP contribution is -2.34. The highest BCUT2D eigenvalue weighted by atomic mass is 15.1. The van der Waals surface area contributed by atoms with Crippen LogP contribution in [0.3, 0.4) is 0 Å². The minimum absolute atomic E-state index is 0.685. The molecule has 1 rings (SSSR count). The first-order chi connectivity index (χ1) is 6.13. The molecule has 0 bridgehead atoms. The molecule has 0 aliphatic carbocycles. The molecule has 2 N–H and O–H groups in total. The summed E-state index contributed by atoms with van der Waals surface area (Å²) in [7, 11) is 0. The van der Waals surface area contributed by atoms with Crippen molar-refractivity contribution in [1.82, 2.24) is 4.90 Å². The van der Waals surface area contributed by atoms with Crippen LogP contribution in [0, 0.1) is 17.8 Å². The van der Waals surface area contributed by atoms with Crippen molar-refractivity contribution in [3.8, 4) is 0 Å². The van der Waals surface area contributed by atoms with Crippen LogP contribution in [0.15, 0.2) is 0 Å². The highest BCUT2D eigenvalue weighted by Gasteiger charge is 2.22. The third-order valence-corrected chi connectivity index (χ3v) is 3.25. The van der Waals surface area contributed by atoms with Gasteiger partial charge in [0.25, 0.3) is 0 Å². The van der Waals surface area contributed by atoms with Gasteiger partial charge in [0, 0.05) is 13.1 Å².